The molecule has 3 aromatic rings. The summed E-state index contributed by atoms with van der Waals surface area (Å²) in [6.45, 7) is 3.56. The molecule has 0 saturated carbocycles. The lowest BCUT2D eigenvalue weighted by molar-refractivity contribution is -0.151. The van der Waals surface area contributed by atoms with Crippen LogP contribution in [0.15, 0.2) is 65.1 Å². The Morgan fingerprint density at radius 1 is 0.973 bits per heavy atom. The van der Waals surface area contributed by atoms with Gasteiger partial charge in [-0.1, -0.05) is 15.9 Å². The van der Waals surface area contributed by atoms with Gasteiger partial charge in [0.25, 0.3) is 5.91 Å². The highest BCUT2D eigenvalue weighted by atomic mass is 79.9. The Bertz CT molecular complexity index is 1310. The normalized spacial score (nSPS) is 14.9. The van der Waals surface area contributed by atoms with E-state index in [-0.39, 0.29) is 18.9 Å². The molecule has 9 heteroatoms. The van der Waals surface area contributed by atoms with Gasteiger partial charge >= 0.3 is 5.97 Å². The molecular formula is C28H27BrN2O6. The molecule has 1 aliphatic rings. The van der Waals surface area contributed by atoms with Crippen molar-refractivity contribution in [2.75, 3.05) is 30.5 Å². The molecule has 2 amide bonds. The number of nitrogens with zero attached hydrogens (tertiary/aromatic N) is 1. The lowest BCUT2D eigenvalue weighted by Crippen LogP contribution is -2.28. The van der Waals surface area contributed by atoms with E-state index in [0.717, 1.165) is 21.3 Å². The standard InChI is InChI=1S/C28H27BrN2O6/c1-17-13-25(18(2)12-24(17)29)30-26(32)16-36-28(34)19-14-27(33)31(15-19)20-4-6-22(7-5-20)37-23-10-8-21(35-3)9-11-23/h4-13,19H,14-16H2,1-3H3,(H,30,32)/t19-/m0/s1. The number of rotatable bonds is 8. The minimum atomic E-state index is -0.646. The van der Waals surface area contributed by atoms with Gasteiger partial charge in [-0.25, -0.2) is 0 Å². The number of aryl methyl sites for hydroxylation is 2. The van der Waals surface area contributed by atoms with Crippen molar-refractivity contribution in [3.63, 3.8) is 0 Å². The minimum Gasteiger partial charge on any atom is -0.497 e. The van der Waals surface area contributed by atoms with E-state index in [0.29, 0.717) is 22.9 Å². The maximum Gasteiger partial charge on any atom is 0.311 e. The summed E-state index contributed by atoms with van der Waals surface area (Å²) in [7, 11) is 1.60. The summed E-state index contributed by atoms with van der Waals surface area (Å²) in [5.41, 5.74) is 3.17. The van der Waals surface area contributed by atoms with Crippen LogP contribution in [0, 0.1) is 19.8 Å². The minimum absolute atomic E-state index is 0.0234. The molecule has 1 fully saturated rings. The molecular weight excluding hydrogens is 540 g/mol. The number of hydrogen-bond donors (Lipinski definition) is 1. The summed E-state index contributed by atoms with van der Waals surface area (Å²) in [6.07, 6.45) is 0.0234. The Labute approximate surface area is 223 Å². The zero-order chi connectivity index (χ0) is 26.5. The third-order valence-corrected chi connectivity index (χ3v) is 6.88. The van der Waals surface area contributed by atoms with Crippen molar-refractivity contribution >= 4 is 45.1 Å². The number of methoxy groups -OCH3 is 1. The molecule has 0 aromatic heterocycles. The molecule has 37 heavy (non-hydrogen) atoms. The van der Waals surface area contributed by atoms with Crippen LogP contribution < -0.4 is 19.7 Å². The number of ether oxygens (including phenoxy) is 3. The molecule has 0 unspecified atom stereocenters. The van der Waals surface area contributed by atoms with Gasteiger partial charge in [0.2, 0.25) is 5.91 Å². The maximum atomic E-state index is 12.6. The van der Waals surface area contributed by atoms with E-state index >= 15 is 0 Å². The largest absolute Gasteiger partial charge is 0.497 e. The van der Waals surface area contributed by atoms with Crippen LogP contribution in [-0.2, 0) is 19.1 Å². The summed E-state index contributed by atoms with van der Waals surface area (Å²) < 4.78 is 17.1. The van der Waals surface area contributed by atoms with Gasteiger partial charge in [0.1, 0.15) is 17.2 Å². The Hall–Kier alpha value is -3.85. The summed E-state index contributed by atoms with van der Waals surface area (Å²) in [5.74, 6) is 0.157. The second-order valence-corrected chi connectivity index (χ2v) is 9.60. The fourth-order valence-electron chi connectivity index (χ4n) is 3.95. The molecule has 0 aliphatic carbocycles. The van der Waals surface area contributed by atoms with Gasteiger partial charge in [0.05, 0.1) is 13.0 Å². The Morgan fingerprint density at radius 3 is 2.24 bits per heavy atom. The predicted molar refractivity (Wildman–Crippen MR) is 143 cm³/mol. The first-order valence-electron chi connectivity index (χ1n) is 11.7. The molecule has 1 atom stereocenters. The molecule has 192 valence electrons. The van der Waals surface area contributed by atoms with E-state index in [1.54, 1.807) is 55.6 Å². The Kier molecular flexibility index (Phi) is 8.13. The highest BCUT2D eigenvalue weighted by Crippen LogP contribution is 2.30. The number of nitrogens with one attached hydrogen (secondary N) is 1. The molecule has 0 bridgehead atoms. The molecule has 1 aliphatic heterocycles. The molecule has 4 rings (SSSR count). The number of amides is 2. The number of esters is 1. The lowest BCUT2D eigenvalue weighted by atomic mass is 10.1. The summed E-state index contributed by atoms with van der Waals surface area (Å²) in [6, 6.07) is 18.0. The van der Waals surface area contributed by atoms with Gasteiger partial charge < -0.3 is 24.4 Å². The fraction of sp³-hybridized carbons (Fsp3) is 0.250. The van der Waals surface area contributed by atoms with Crippen LogP contribution in [0.4, 0.5) is 11.4 Å². The summed E-state index contributed by atoms with van der Waals surface area (Å²) in [4.78, 5) is 39.0. The monoisotopic (exact) mass is 566 g/mol. The van der Waals surface area contributed by atoms with E-state index < -0.39 is 24.4 Å². The molecule has 3 aromatic carbocycles. The first kappa shape index (κ1) is 26.2. The number of carbonyl (C=O) groups is 3. The smallest absolute Gasteiger partial charge is 0.311 e. The van der Waals surface area contributed by atoms with Crippen molar-refractivity contribution < 1.29 is 28.6 Å². The first-order chi connectivity index (χ1) is 17.7. The molecule has 0 radical (unpaired) electrons. The maximum absolute atomic E-state index is 12.6. The van der Waals surface area contributed by atoms with Crippen LogP contribution in [-0.4, -0.2) is 38.0 Å². The highest BCUT2D eigenvalue weighted by molar-refractivity contribution is 9.10. The van der Waals surface area contributed by atoms with Crippen molar-refractivity contribution in [2.24, 2.45) is 5.92 Å². The van der Waals surface area contributed by atoms with E-state index in [1.807, 2.05) is 26.0 Å². The zero-order valence-electron chi connectivity index (χ0n) is 20.7. The van der Waals surface area contributed by atoms with Crippen molar-refractivity contribution in [1.82, 2.24) is 0 Å². The van der Waals surface area contributed by atoms with E-state index in [9.17, 15) is 14.4 Å². The third kappa shape index (κ3) is 6.48. The van der Waals surface area contributed by atoms with Crippen molar-refractivity contribution in [3.05, 3.63) is 76.3 Å². The van der Waals surface area contributed by atoms with Gasteiger partial charge in [-0.15, -0.1) is 0 Å². The van der Waals surface area contributed by atoms with Crippen LogP contribution in [0.5, 0.6) is 17.2 Å². The van der Waals surface area contributed by atoms with Gasteiger partial charge in [-0.05, 0) is 85.6 Å². The first-order valence-corrected chi connectivity index (χ1v) is 12.5. The number of anilines is 2. The van der Waals surface area contributed by atoms with Crippen molar-refractivity contribution in [1.29, 1.82) is 0 Å². The van der Waals surface area contributed by atoms with Crippen LogP contribution >= 0.6 is 15.9 Å². The average molecular weight is 567 g/mol. The second kappa shape index (κ2) is 11.5. The number of carbonyl (C=O) groups excluding carboxylic acids is 3. The highest BCUT2D eigenvalue weighted by Gasteiger charge is 2.36. The van der Waals surface area contributed by atoms with Crippen molar-refractivity contribution in [3.8, 4) is 17.2 Å². The topological polar surface area (TPSA) is 94.2 Å². The quantitative estimate of drug-likeness (QED) is 0.367. The van der Waals surface area contributed by atoms with E-state index in [4.69, 9.17) is 14.2 Å². The molecule has 1 N–H and O–H groups in total. The van der Waals surface area contributed by atoms with Gasteiger partial charge in [-0.2, -0.15) is 0 Å². The number of hydrogen-bond acceptors (Lipinski definition) is 6. The van der Waals surface area contributed by atoms with Crippen LogP contribution in [0.2, 0.25) is 0 Å². The predicted octanol–water partition coefficient (Wildman–Crippen LogP) is 5.40. The second-order valence-electron chi connectivity index (χ2n) is 8.75. The molecule has 1 saturated heterocycles. The Balaban J connectivity index is 1.29. The third-order valence-electron chi connectivity index (χ3n) is 6.03. The van der Waals surface area contributed by atoms with E-state index in [2.05, 4.69) is 21.2 Å². The van der Waals surface area contributed by atoms with Crippen LogP contribution in [0.25, 0.3) is 0 Å². The van der Waals surface area contributed by atoms with Gasteiger partial charge in [0, 0.05) is 28.8 Å². The lowest BCUT2D eigenvalue weighted by Gasteiger charge is -2.17. The molecule has 8 nitrogen and oxygen atoms in total. The van der Waals surface area contributed by atoms with Crippen LogP contribution in [0.3, 0.4) is 0 Å². The molecule has 1 heterocycles. The molecule has 0 spiro atoms. The summed E-state index contributed by atoms with van der Waals surface area (Å²) in [5, 5.41) is 2.76. The SMILES string of the molecule is COc1ccc(Oc2ccc(N3C[C@@H](C(=O)OCC(=O)Nc4cc(C)c(Br)cc4C)CC3=O)cc2)cc1. The Morgan fingerprint density at radius 2 is 1.59 bits per heavy atom. The summed E-state index contributed by atoms with van der Waals surface area (Å²) >= 11 is 3.46. The van der Waals surface area contributed by atoms with Gasteiger partial charge in [0.15, 0.2) is 6.61 Å². The van der Waals surface area contributed by atoms with Crippen molar-refractivity contribution in [2.45, 2.75) is 20.3 Å². The fourth-order valence-corrected chi connectivity index (χ4v) is 4.40. The average Bonchev–Trinajstić information content (AvgIpc) is 3.28. The number of benzene rings is 3. The van der Waals surface area contributed by atoms with E-state index in [1.165, 1.54) is 4.90 Å². The van der Waals surface area contributed by atoms with Gasteiger partial charge in [-0.3, -0.25) is 14.4 Å². The van der Waals surface area contributed by atoms with Crippen LogP contribution in [0.1, 0.15) is 17.5 Å². The zero-order valence-corrected chi connectivity index (χ0v) is 22.3. The number of halogens is 1.